The maximum atomic E-state index is 12.1. The van der Waals surface area contributed by atoms with Crippen LogP contribution in [0, 0.1) is 0 Å². The van der Waals surface area contributed by atoms with E-state index in [4.69, 9.17) is 0 Å². The van der Waals surface area contributed by atoms with Crippen LogP contribution in [-0.2, 0) is 13.6 Å². The average Bonchev–Trinajstić information content (AvgIpc) is 2.55. The molecule has 110 valence electrons. The molecule has 0 bridgehead atoms. The molecule has 1 amide bonds. The fourth-order valence-corrected chi connectivity index (χ4v) is 2.32. The molecule has 0 aliphatic rings. The molecule has 3 rings (SSSR count). The van der Waals surface area contributed by atoms with Gasteiger partial charge in [-0.15, -0.1) is 0 Å². The molecule has 1 aromatic heterocycles. The molecular formula is C18H16N2O2. The van der Waals surface area contributed by atoms with Crippen molar-refractivity contribution in [1.29, 1.82) is 0 Å². The highest BCUT2D eigenvalue weighted by molar-refractivity contribution is 5.94. The van der Waals surface area contributed by atoms with Crippen LogP contribution in [0.5, 0.6) is 0 Å². The molecule has 1 heterocycles. The van der Waals surface area contributed by atoms with Crippen LogP contribution in [0.2, 0.25) is 0 Å². The van der Waals surface area contributed by atoms with Gasteiger partial charge in [0.1, 0.15) is 0 Å². The van der Waals surface area contributed by atoms with Crippen LogP contribution in [0.25, 0.3) is 10.8 Å². The Morgan fingerprint density at radius 3 is 2.59 bits per heavy atom. The predicted octanol–water partition coefficient (Wildman–Crippen LogP) is 2.47. The Labute approximate surface area is 128 Å². The number of carbonyl (C=O) groups is 1. The standard InChI is InChI=1S/C18H16N2O2/c1-20-9-8-16(11-17(20)21)18(22)19-12-13-6-7-14-4-2-3-5-15(14)10-13/h2-11H,12H2,1H3,(H,19,22). The smallest absolute Gasteiger partial charge is 0.251 e. The highest BCUT2D eigenvalue weighted by Gasteiger charge is 2.06. The number of nitrogens with zero attached hydrogens (tertiary/aromatic N) is 1. The van der Waals surface area contributed by atoms with Crippen LogP contribution in [0.3, 0.4) is 0 Å². The second-order valence-corrected chi connectivity index (χ2v) is 5.23. The second kappa shape index (κ2) is 5.85. The van der Waals surface area contributed by atoms with E-state index in [0.717, 1.165) is 10.9 Å². The van der Waals surface area contributed by atoms with Crippen LogP contribution in [-0.4, -0.2) is 10.5 Å². The molecule has 1 N–H and O–H groups in total. The Morgan fingerprint density at radius 2 is 1.82 bits per heavy atom. The lowest BCUT2D eigenvalue weighted by Gasteiger charge is -2.07. The summed E-state index contributed by atoms with van der Waals surface area (Å²) in [6, 6.07) is 17.2. The number of hydrogen-bond acceptors (Lipinski definition) is 2. The van der Waals surface area contributed by atoms with E-state index in [0.29, 0.717) is 12.1 Å². The first kappa shape index (κ1) is 14.1. The maximum Gasteiger partial charge on any atom is 0.251 e. The molecular weight excluding hydrogens is 276 g/mol. The van der Waals surface area contributed by atoms with Gasteiger partial charge >= 0.3 is 0 Å². The molecule has 0 radical (unpaired) electrons. The highest BCUT2D eigenvalue weighted by Crippen LogP contribution is 2.15. The van der Waals surface area contributed by atoms with Gasteiger partial charge in [0.25, 0.3) is 11.5 Å². The number of fused-ring (bicyclic) bond motifs is 1. The first-order valence-corrected chi connectivity index (χ1v) is 7.06. The summed E-state index contributed by atoms with van der Waals surface area (Å²) in [5.41, 5.74) is 1.21. The van der Waals surface area contributed by atoms with Gasteiger partial charge in [0.2, 0.25) is 0 Å². The molecule has 0 saturated heterocycles. The van der Waals surface area contributed by atoms with E-state index in [1.807, 2.05) is 30.3 Å². The largest absolute Gasteiger partial charge is 0.348 e. The van der Waals surface area contributed by atoms with Crippen molar-refractivity contribution in [2.45, 2.75) is 6.54 Å². The molecule has 0 spiro atoms. The lowest BCUT2D eigenvalue weighted by molar-refractivity contribution is 0.0950. The fraction of sp³-hybridized carbons (Fsp3) is 0.111. The van der Waals surface area contributed by atoms with E-state index < -0.39 is 0 Å². The maximum absolute atomic E-state index is 12.1. The van der Waals surface area contributed by atoms with Crippen molar-refractivity contribution in [2.75, 3.05) is 0 Å². The number of pyridine rings is 1. The van der Waals surface area contributed by atoms with E-state index in [-0.39, 0.29) is 11.5 Å². The normalized spacial score (nSPS) is 10.6. The number of hydrogen-bond donors (Lipinski definition) is 1. The Kier molecular flexibility index (Phi) is 3.74. The SMILES string of the molecule is Cn1ccc(C(=O)NCc2ccc3ccccc3c2)cc1=O. The summed E-state index contributed by atoms with van der Waals surface area (Å²) in [7, 11) is 1.65. The summed E-state index contributed by atoms with van der Waals surface area (Å²) in [6.07, 6.45) is 1.59. The lowest BCUT2D eigenvalue weighted by Crippen LogP contribution is -2.25. The van der Waals surface area contributed by atoms with Crippen molar-refractivity contribution in [2.24, 2.45) is 7.05 Å². The Morgan fingerprint density at radius 1 is 1.05 bits per heavy atom. The quantitative estimate of drug-likeness (QED) is 0.806. The molecule has 0 fully saturated rings. The Hall–Kier alpha value is -2.88. The van der Waals surface area contributed by atoms with E-state index >= 15 is 0 Å². The fourth-order valence-electron chi connectivity index (χ4n) is 2.32. The Bertz CT molecular complexity index is 897. The molecule has 2 aromatic carbocycles. The molecule has 4 nitrogen and oxygen atoms in total. The highest BCUT2D eigenvalue weighted by atomic mass is 16.2. The van der Waals surface area contributed by atoms with Crippen molar-refractivity contribution >= 4 is 16.7 Å². The Balaban J connectivity index is 1.74. The first-order valence-electron chi connectivity index (χ1n) is 7.06. The summed E-state index contributed by atoms with van der Waals surface area (Å²) in [4.78, 5) is 23.6. The van der Waals surface area contributed by atoms with Crippen molar-refractivity contribution in [3.63, 3.8) is 0 Å². The third kappa shape index (κ3) is 2.91. The third-order valence-corrected chi connectivity index (χ3v) is 3.63. The van der Waals surface area contributed by atoms with Gasteiger partial charge in [0.15, 0.2) is 0 Å². The van der Waals surface area contributed by atoms with Crippen molar-refractivity contribution in [3.05, 3.63) is 82.3 Å². The van der Waals surface area contributed by atoms with Gasteiger partial charge in [-0.3, -0.25) is 9.59 Å². The van der Waals surface area contributed by atoms with Gasteiger partial charge in [-0.2, -0.15) is 0 Å². The van der Waals surface area contributed by atoms with Gasteiger partial charge < -0.3 is 9.88 Å². The minimum atomic E-state index is -0.245. The second-order valence-electron chi connectivity index (χ2n) is 5.23. The van der Waals surface area contributed by atoms with E-state index in [9.17, 15) is 9.59 Å². The summed E-state index contributed by atoms with van der Waals surface area (Å²) in [5, 5.41) is 5.15. The van der Waals surface area contributed by atoms with E-state index in [1.54, 1.807) is 19.3 Å². The molecule has 4 heteroatoms. The van der Waals surface area contributed by atoms with Crippen LogP contribution >= 0.6 is 0 Å². The third-order valence-electron chi connectivity index (χ3n) is 3.63. The van der Waals surface area contributed by atoms with Gasteiger partial charge in [0, 0.05) is 31.4 Å². The minimum absolute atomic E-state index is 0.196. The lowest BCUT2D eigenvalue weighted by atomic mass is 10.1. The van der Waals surface area contributed by atoms with Gasteiger partial charge in [0.05, 0.1) is 0 Å². The molecule has 3 aromatic rings. The molecule has 22 heavy (non-hydrogen) atoms. The van der Waals surface area contributed by atoms with Crippen LogP contribution in [0.4, 0.5) is 0 Å². The number of aromatic nitrogens is 1. The molecule has 0 atom stereocenters. The summed E-state index contributed by atoms with van der Waals surface area (Å²) in [6.45, 7) is 0.429. The number of rotatable bonds is 3. The average molecular weight is 292 g/mol. The van der Waals surface area contributed by atoms with Crippen molar-refractivity contribution < 1.29 is 4.79 Å². The summed E-state index contributed by atoms with van der Waals surface area (Å²) >= 11 is 0. The van der Waals surface area contributed by atoms with E-state index in [2.05, 4.69) is 17.4 Å². The minimum Gasteiger partial charge on any atom is -0.348 e. The number of benzene rings is 2. The zero-order valence-corrected chi connectivity index (χ0v) is 12.2. The van der Waals surface area contributed by atoms with Gasteiger partial charge in [-0.1, -0.05) is 36.4 Å². The van der Waals surface area contributed by atoms with Gasteiger partial charge in [-0.25, -0.2) is 0 Å². The molecule has 0 aliphatic heterocycles. The number of aryl methyl sites for hydroxylation is 1. The predicted molar refractivity (Wildman–Crippen MR) is 86.8 cm³/mol. The van der Waals surface area contributed by atoms with E-state index in [1.165, 1.54) is 16.0 Å². The summed E-state index contributed by atoms with van der Waals surface area (Å²) < 4.78 is 1.43. The van der Waals surface area contributed by atoms with Crippen molar-refractivity contribution in [1.82, 2.24) is 9.88 Å². The molecule has 0 aliphatic carbocycles. The number of carbonyl (C=O) groups excluding carboxylic acids is 1. The zero-order valence-electron chi connectivity index (χ0n) is 12.2. The monoisotopic (exact) mass is 292 g/mol. The molecule has 0 saturated carbocycles. The van der Waals surface area contributed by atoms with Crippen molar-refractivity contribution in [3.8, 4) is 0 Å². The first-order chi connectivity index (χ1) is 10.6. The topological polar surface area (TPSA) is 51.1 Å². The number of amides is 1. The summed E-state index contributed by atoms with van der Waals surface area (Å²) in [5.74, 6) is -0.245. The zero-order chi connectivity index (χ0) is 15.5. The van der Waals surface area contributed by atoms with Crippen LogP contribution in [0.1, 0.15) is 15.9 Å². The molecule has 0 unspecified atom stereocenters. The number of nitrogens with one attached hydrogen (secondary N) is 1. The van der Waals surface area contributed by atoms with Gasteiger partial charge in [-0.05, 0) is 28.5 Å². The van der Waals surface area contributed by atoms with Crippen LogP contribution < -0.4 is 10.9 Å². The van der Waals surface area contributed by atoms with Crippen LogP contribution in [0.15, 0.2) is 65.6 Å².